The highest BCUT2D eigenvalue weighted by molar-refractivity contribution is 7.71. The van der Waals surface area contributed by atoms with Crippen molar-refractivity contribution in [2.24, 2.45) is 7.05 Å². The fourth-order valence-corrected chi connectivity index (χ4v) is 3.93. The van der Waals surface area contributed by atoms with Gasteiger partial charge in [0, 0.05) is 38.0 Å². The summed E-state index contributed by atoms with van der Waals surface area (Å²) in [6.45, 7) is 0.369. The second kappa shape index (κ2) is 10.3. The third-order valence-corrected chi connectivity index (χ3v) is 5.83. The maximum Gasteiger partial charge on any atom is 0.222 e. The zero-order valence-electron chi connectivity index (χ0n) is 19.2. The van der Waals surface area contributed by atoms with Crippen molar-refractivity contribution in [3.05, 3.63) is 77.1 Å². The lowest BCUT2D eigenvalue weighted by Crippen LogP contribution is -2.31. The maximum absolute atomic E-state index is 13.1. The number of methoxy groups -OCH3 is 2. The van der Waals surface area contributed by atoms with Crippen LogP contribution in [0.4, 0.5) is 0 Å². The van der Waals surface area contributed by atoms with E-state index in [4.69, 9.17) is 21.7 Å². The standard InChI is InChI=1S/C24H26N6O3S/c1-29-14-12-25-23(29)21(17-5-4-6-19(15-17)33-3)26-20(31)11-13-30-22(27-28-24(30)34)16-7-9-18(32-2)10-8-16/h4-10,12,14-15,21H,11,13H2,1-3H3,(H,26,31)(H,28,34). The molecule has 0 saturated carbocycles. The van der Waals surface area contributed by atoms with E-state index in [1.807, 2.05) is 70.9 Å². The lowest BCUT2D eigenvalue weighted by atomic mass is 10.1. The second-order valence-corrected chi connectivity index (χ2v) is 8.04. The molecule has 2 aromatic heterocycles. The Kier molecular flexibility index (Phi) is 7.07. The van der Waals surface area contributed by atoms with E-state index in [0.29, 0.717) is 22.9 Å². The van der Waals surface area contributed by atoms with Crippen molar-refractivity contribution in [3.63, 3.8) is 0 Å². The molecule has 0 aliphatic rings. The monoisotopic (exact) mass is 478 g/mol. The van der Waals surface area contributed by atoms with Crippen LogP contribution in [0.2, 0.25) is 0 Å². The predicted molar refractivity (Wildman–Crippen MR) is 130 cm³/mol. The highest BCUT2D eigenvalue weighted by Gasteiger charge is 2.21. The Bertz CT molecular complexity index is 1320. The average Bonchev–Trinajstić information content (AvgIpc) is 3.46. The quantitative estimate of drug-likeness (QED) is 0.356. The minimum atomic E-state index is -0.430. The third kappa shape index (κ3) is 5.01. The van der Waals surface area contributed by atoms with Gasteiger partial charge in [0.25, 0.3) is 0 Å². The summed E-state index contributed by atoms with van der Waals surface area (Å²) in [4.78, 5) is 17.5. The molecule has 0 radical (unpaired) electrons. The SMILES string of the molecule is COc1ccc(-c2n[nH]c(=S)n2CCC(=O)NC(c2cccc(OC)c2)c2nccn2C)cc1. The number of aromatic nitrogens is 5. The van der Waals surface area contributed by atoms with Crippen LogP contribution >= 0.6 is 12.2 Å². The van der Waals surface area contributed by atoms with E-state index in [9.17, 15) is 4.79 Å². The van der Waals surface area contributed by atoms with Crippen molar-refractivity contribution in [2.75, 3.05) is 14.2 Å². The van der Waals surface area contributed by atoms with Crippen molar-refractivity contribution in [1.82, 2.24) is 29.6 Å². The highest BCUT2D eigenvalue weighted by Crippen LogP contribution is 2.25. The van der Waals surface area contributed by atoms with Gasteiger partial charge in [0.1, 0.15) is 23.4 Å². The third-order valence-electron chi connectivity index (χ3n) is 5.52. The summed E-state index contributed by atoms with van der Waals surface area (Å²) in [5.74, 6) is 2.70. The molecule has 0 aliphatic heterocycles. The Morgan fingerprint density at radius 3 is 2.59 bits per heavy atom. The Hall–Kier alpha value is -3.92. The van der Waals surface area contributed by atoms with Crippen LogP contribution < -0.4 is 14.8 Å². The molecule has 1 atom stereocenters. The van der Waals surface area contributed by atoms with E-state index >= 15 is 0 Å². The lowest BCUT2D eigenvalue weighted by molar-refractivity contribution is -0.121. The van der Waals surface area contributed by atoms with Crippen LogP contribution in [0.5, 0.6) is 11.5 Å². The van der Waals surface area contributed by atoms with Gasteiger partial charge in [0.15, 0.2) is 10.6 Å². The zero-order valence-corrected chi connectivity index (χ0v) is 20.0. The molecule has 0 aliphatic carbocycles. The first-order chi connectivity index (χ1) is 16.5. The van der Waals surface area contributed by atoms with Gasteiger partial charge in [-0.3, -0.25) is 14.5 Å². The van der Waals surface area contributed by atoms with Crippen molar-refractivity contribution < 1.29 is 14.3 Å². The van der Waals surface area contributed by atoms with Gasteiger partial charge in [-0.2, -0.15) is 5.10 Å². The Morgan fingerprint density at radius 1 is 1.15 bits per heavy atom. The summed E-state index contributed by atoms with van der Waals surface area (Å²) in [5, 5.41) is 10.3. The largest absolute Gasteiger partial charge is 0.497 e. The minimum absolute atomic E-state index is 0.139. The van der Waals surface area contributed by atoms with E-state index < -0.39 is 6.04 Å². The van der Waals surface area contributed by atoms with Gasteiger partial charge in [-0.1, -0.05) is 12.1 Å². The van der Waals surface area contributed by atoms with E-state index in [1.165, 1.54) is 0 Å². The van der Waals surface area contributed by atoms with Crippen LogP contribution in [0.3, 0.4) is 0 Å². The molecule has 1 amide bonds. The molecule has 0 bridgehead atoms. The number of ether oxygens (including phenoxy) is 2. The molecule has 2 heterocycles. The van der Waals surface area contributed by atoms with E-state index in [-0.39, 0.29) is 12.3 Å². The van der Waals surface area contributed by atoms with Crippen molar-refractivity contribution >= 4 is 18.1 Å². The summed E-state index contributed by atoms with van der Waals surface area (Å²) in [5.41, 5.74) is 1.75. The molecule has 9 nitrogen and oxygen atoms in total. The summed E-state index contributed by atoms with van der Waals surface area (Å²) >= 11 is 5.41. The van der Waals surface area contributed by atoms with Crippen LogP contribution in [-0.4, -0.2) is 44.4 Å². The number of nitrogens with zero attached hydrogens (tertiary/aromatic N) is 4. The number of aromatic amines is 1. The normalized spacial score (nSPS) is 11.7. The molecule has 10 heteroatoms. The number of amides is 1. The number of carbonyl (C=O) groups excluding carboxylic acids is 1. The molecule has 34 heavy (non-hydrogen) atoms. The first-order valence-corrected chi connectivity index (χ1v) is 11.1. The number of aryl methyl sites for hydroxylation is 1. The molecule has 2 N–H and O–H groups in total. The van der Waals surface area contributed by atoms with E-state index in [2.05, 4.69) is 20.5 Å². The predicted octanol–water partition coefficient (Wildman–Crippen LogP) is 3.65. The van der Waals surface area contributed by atoms with Crippen molar-refractivity contribution in [1.29, 1.82) is 0 Å². The van der Waals surface area contributed by atoms with Gasteiger partial charge >= 0.3 is 0 Å². The average molecular weight is 479 g/mol. The number of carbonyl (C=O) groups is 1. The number of H-pyrrole nitrogens is 1. The summed E-state index contributed by atoms with van der Waals surface area (Å²) < 4.78 is 14.7. The summed E-state index contributed by atoms with van der Waals surface area (Å²) in [7, 11) is 5.13. The fraction of sp³-hybridized carbons (Fsp3) is 0.250. The molecule has 4 rings (SSSR count). The molecular formula is C24H26N6O3S. The van der Waals surface area contributed by atoms with Crippen LogP contribution in [0, 0.1) is 4.77 Å². The maximum atomic E-state index is 13.1. The molecule has 176 valence electrons. The van der Waals surface area contributed by atoms with Crippen molar-refractivity contribution in [3.8, 4) is 22.9 Å². The summed E-state index contributed by atoms with van der Waals surface area (Å²) in [6, 6.07) is 14.7. The molecule has 1 unspecified atom stereocenters. The first-order valence-electron chi connectivity index (χ1n) is 10.7. The molecular weight excluding hydrogens is 452 g/mol. The van der Waals surface area contributed by atoms with E-state index in [1.54, 1.807) is 20.4 Å². The fourth-order valence-electron chi connectivity index (χ4n) is 3.71. The minimum Gasteiger partial charge on any atom is -0.497 e. The number of hydrogen-bond donors (Lipinski definition) is 2. The second-order valence-electron chi connectivity index (χ2n) is 7.66. The number of hydrogen-bond acceptors (Lipinski definition) is 6. The van der Waals surface area contributed by atoms with E-state index in [0.717, 1.165) is 22.7 Å². The zero-order chi connectivity index (χ0) is 24.1. The Labute approximate surface area is 202 Å². The number of benzene rings is 2. The highest BCUT2D eigenvalue weighted by atomic mass is 32.1. The molecule has 2 aromatic carbocycles. The van der Waals surface area contributed by atoms with Crippen LogP contribution in [-0.2, 0) is 18.4 Å². The molecule has 4 aromatic rings. The van der Waals surface area contributed by atoms with Gasteiger partial charge in [-0.15, -0.1) is 0 Å². The number of nitrogens with one attached hydrogen (secondary N) is 2. The topological polar surface area (TPSA) is 99.0 Å². The first kappa shape index (κ1) is 23.2. The van der Waals surface area contributed by atoms with Gasteiger partial charge in [-0.05, 0) is 54.2 Å². The summed E-state index contributed by atoms with van der Waals surface area (Å²) in [6.07, 6.45) is 3.77. The molecule has 0 spiro atoms. The van der Waals surface area contributed by atoms with Gasteiger partial charge in [0.05, 0.1) is 14.2 Å². The number of rotatable bonds is 9. The Morgan fingerprint density at radius 2 is 1.91 bits per heavy atom. The van der Waals surface area contributed by atoms with Gasteiger partial charge < -0.3 is 19.4 Å². The van der Waals surface area contributed by atoms with Crippen LogP contribution in [0.25, 0.3) is 11.4 Å². The smallest absolute Gasteiger partial charge is 0.222 e. The Balaban J connectivity index is 1.52. The van der Waals surface area contributed by atoms with Gasteiger partial charge in [0.2, 0.25) is 5.91 Å². The number of imidazole rings is 1. The van der Waals surface area contributed by atoms with Gasteiger partial charge in [-0.25, -0.2) is 4.98 Å². The lowest BCUT2D eigenvalue weighted by Gasteiger charge is -2.20. The molecule has 0 fully saturated rings. The van der Waals surface area contributed by atoms with Crippen LogP contribution in [0.1, 0.15) is 23.9 Å². The molecule has 0 saturated heterocycles. The van der Waals surface area contributed by atoms with Crippen LogP contribution in [0.15, 0.2) is 60.9 Å². The van der Waals surface area contributed by atoms with Crippen molar-refractivity contribution in [2.45, 2.75) is 19.0 Å².